The summed E-state index contributed by atoms with van der Waals surface area (Å²) in [6, 6.07) is 0. The molecule has 1 saturated heterocycles. The molecule has 1 aliphatic heterocycles. The first-order valence-corrected chi connectivity index (χ1v) is 12.2. The minimum absolute atomic E-state index is 0.0316. The summed E-state index contributed by atoms with van der Waals surface area (Å²) in [4.78, 5) is 33.2. The van der Waals surface area contributed by atoms with Gasteiger partial charge in [-0.1, -0.05) is 19.0 Å². The second-order valence-electron chi connectivity index (χ2n) is 10.8. The molecule has 0 spiro atoms. The SMILES string of the molecule is C[C@]12CCC(=O)C=C1/C(=N/OCCN1CCOCC1)CC1C2CC[C@]2(C)C(=O)CCC12. The van der Waals surface area contributed by atoms with E-state index in [4.69, 9.17) is 9.57 Å². The van der Waals surface area contributed by atoms with Crippen LogP contribution in [0.5, 0.6) is 0 Å². The summed E-state index contributed by atoms with van der Waals surface area (Å²) in [5, 5.41) is 4.63. The summed E-state index contributed by atoms with van der Waals surface area (Å²) >= 11 is 0. The van der Waals surface area contributed by atoms with Gasteiger partial charge in [-0.3, -0.25) is 14.5 Å². The lowest BCUT2D eigenvalue weighted by molar-refractivity contribution is -0.131. The van der Waals surface area contributed by atoms with Crippen molar-refractivity contribution >= 4 is 17.3 Å². The van der Waals surface area contributed by atoms with Gasteiger partial charge < -0.3 is 9.57 Å². The molecule has 4 fully saturated rings. The zero-order chi connectivity index (χ0) is 21.6. The van der Waals surface area contributed by atoms with Crippen LogP contribution in [0.15, 0.2) is 16.8 Å². The van der Waals surface area contributed by atoms with Crippen LogP contribution in [0.4, 0.5) is 0 Å². The van der Waals surface area contributed by atoms with Gasteiger partial charge in [0, 0.05) is 37.9 Å². The highest BCUT2D eigenvalue weighted by atomic mass is 16.6. The fraction of sp³-hybridized carbons (Fsp3) is 0.800. The fourth-order valence-corrected chi connectivity index (χ4v) is 7.39. The van der Waals surface area contributed by atoms with Crippen LogP contribution in [-0.4, -0.2) is 61.6 Å². The molecular formula is C25H36N2O4. The Balaban J connectivity index is 1.38. The standard InChI is InChI=1S/C25H36N2O4/c1-24-7-5-17(28)15-21(24)22(26-31-14-11-27-9-12-30-13-10-27)16-18-19-3-4-23(29)25(19,2)8-6-20(18)24/h15,18-20H,3-14,16H2,1-2H3/b26-22+/t18?,19?,20?,24-,25+/m1/s1. The zero-order valence-corrected chi connectivity index (χ0v) is 19.0. The van der Waals surface area contributed by atoms with E-state index in [1.54, 1.807) is 0 Å². The first-order valence-electron chi connectivity index (χ1n) is 12.2. The van der Waals surface area contributed by atoms with Crippen molar-refractivity contribution in [2.24, 2.45) is 33.7 Å². The summed E-state index contributed by atoms with van der Waals surface area (Å²) in [6.07, 6.45) is 8.02. The van der Waals surface area contributed by atoms with E-state index in [0.717, 1.165) is 82.7 Å². The van der Waals surface area contributed by atoms with Gasteiger partial charge in [-0.2, -0.15) is 0 Å². The third kappa shape index (κ3) is 3.60. The van der Waals surface area contributed by atoms with Gasteiger partial charge in [0.2, 0.25) is 0 Å². The molecular weight excluding hydrogens is 392 g/mol. The van der Waals surface area contributed by atoms with E-state index in [9.17, 15) is 9.59 Å². The molecule has 5 aliphatic rings. The highest BCUT2D eigenvalue weighted by Crippen LogP contribution is 2.63. The molecule has 6 nitrogen and oxygen atoms in total. The van der Waals surface area contributed by atoms with Crippen molar-refractivity contribution < 1.29 is 19.2 Å². The lowest BCUT2D eigenvalue weighted by Gasteiger charge is -2.56. The van der Waals surface area contributed by atoms with Gasteiger partial charge in [0.1, 0.15) is 12.4 Å². The van der Waals surface area contributed by atoms with Gasteiger partial charge in [-0.25, -0.2) is 0 Å². The summed E-state index contributed by atoms with van der Waals surface area (Å²) in [6.45, 7) is 9.38. The van der Waals surface area contributed by atoms with E-state index in [2.05, 4.69) is 23.9 Å². The van der Waals surface area contributed by atoms with Gasteiger partial charge >= 0.3 is 0 Å². The Bertz CT molecular complexity index is 814. The number of morpholine rings is 1. The maximum Gasteiger partial charge on any atom is 0.156 e. The zero-order valence-electron chi connectivity index (χ0n) is 19.0. The molecule has 3 unspecified atom stereocenters. The van der Waals surface area contributed by atoms with Crippen molar-refractivity contribution in [3.05, 3.63) is 11.6 Å². The minimum Gasteiger partial charge on any atom is -0.394 e. The normalized spacial score (nSPS) is 42.1. The van der Waals surface area contributed by atoms with E-state index in [-0.39, 0.29) is 16.6 Å². The number of fused-ring (bicyclic) bond motifs is 5. The Morgan fingerprint density at radius 3 is 2.68 bits per heavy atom. The number of allylic oxidation sites excluding steroid dienone is 1. The number of Topliss-reactive ketones (excluding diaryl/α,β-unsaturated/α-hetero) is 1. The fourth-order valence-electron chi connectivity index (χ4n) is 7.39. The van der Waals surface area contributed by atoms with Crippen molar-refractivity contribution in [2.75, 3.05) is 39.5 Å². The summed E-state index contributed by atoms with van der Waals surface area (Å²) in [5.74, 6) is 2.10. The molecule has 4 aliphatic carbocycles. The summed E-state index contributed by atoms with van der Waals surface area (Å²) < 4.78 is 5.41. The van der Waals surface area contributed by atoms with Crippen LogP contribution >= 0.6 is 0 Å². The van der Waals surface area contributed by atoms with E-state index < -0.39 is 0 Å². The topological polar surface area (TPSA) is 68.2 Å². The number of oxime groups is 1. The molecule has 6 heteroatoms. The van der Waals surface area contributed by atoms with Gasteiger partial charge in [0.25, 0.3) is 0 Å². The molecule has 5 atom stereocenters. The molecule has 0 radical (unpaired) electrons. The van der Waals surface area contributed by atoms with Crippen LogP contribution in [-0.2, 0) is 19.2 Å². The second kappa shape index (κ2) is 8.11. The van der Waals surface area contributed by atoms with Crippen molar-refractivity contribution in [3.63, 3.8) is 0 Å². The first kappa shape index (κ1) is 21.3. The van der Waals surface area contributed by atoms with Crippen molar-refractivity contribution in [2.45, 2.75) is 58.8 Å². The lowest BCUT2D eigenvalue weighted by atomic mass is 9.47. The number of carbonyl (C=O) groups excluding carboxylic acids is 2. The predicted molar refractivity (Wildman–Crippen MR) is 118 cm³/mol. The highest BCUT2D eigenvalue weighted by Gasteiger charge is 2.60. The monoisotopic (exact) mass is 428 g/mol. The molecule has 0 aromatic carbocycles. The van der Waals surface area contributed by atoms with E-state index in [1.165, 1.54) is 0 Å². The first-order chi connectivity index (χ1) is 14.9. The Kier molecular flexibility index (Phi) is 5.58. The number of hydrogen-bond donors (Lipinski definition) is 0. The molecule has 0 aromatic heterocycles. The van der Waals surface area contributed by atoms with E-state index >= 15 is 0 Å². The second-order valence-corrected chi connectivity index (χ2v) is 10.8. The molecule has 0 N–H and O–H groups in total. The van der Waals surface area contributed by atoms with Crippen molar-refractivity contribution in [3.8, 4) is 0 Å². The van der Waals surface area contributed by atoms with Gasteiger partial charge in [0.05, 0.1) is 18.9 Å². The number of ketones is 2. The number of nitrogens with zero attached hydrogens (tertiary/aromatic N) is 2. The molecule has 170 valence electrons. The van der Waals surface area contributed by atoms with Gasteiger partial charge in [0.15, 0.2) is 5.78 Å². The largest absolute Gasteiger partial charge is 0.394 e. The maximum atomic E-state index is 12.7. The number of ether oxygens (including phenoxy) is 1. The third-order valence-electron chi connectivity index (χ3n) is 9.29. The molecule has 3 saturated carbocycles. The quantitative estimate of drug-likeness (QED) is 0.507. The molecule has 31 heavy (non-hydrogen) atoms. The Hall–Kier alpha value is -1.53. The molecule has 0 aromatic rings. The summed E-state index contributed by atoms with van der Waals surface area (Å²) in [7, 11) is 0. The molecule has 1 heterocycles. The van der Waals surface area contributed by atoms with Crippen LogP contribution in [0, 0.1) is 28.6 Å². The third-order valence-corrected chi connectivity index (χ3v) is 9.29. The maximum absolute atomic E-state index is 12.7. The van der Waals surface area contributed by atoms with E-state index in [1.807, 2.05) is 6.08 Å². The number of hydrogen-bond acceptors (Lipinski definition) is 6. The Labute approximate surface area is 185 Å². The Morgan fingerprint density at radius 2 is 1.87 bits per heavy atom. The van der Waals surface area contributed by atoms with Crippen molar-refractivity contribution in [1.82, 2.24) is 4.90 Å². The lowest BCUT2D eigenvalue weighted by Crippen LogP contribution is -2.53. The average molecular weight is 429 g/mol. The average Bonchev–Trinajstić information content (AvgIpc) is 3.07. The summed E-state index contributed by atoms with van der Waals surface area (Å²) in [5.41, 5.74) is 1.88. The predicted octanol–water partition coefficient (Wildman–Crippen LogP) is 3.40. The van der Waals surface area contributed by atoms with Crippen LogP contribution in [0.3, 0.4) is 0 Å². The number of carbonyl (C=O) groups is 2. The van der Waals surface area contributed by atoms with Crippen LogP contribution < -0.4 is 0 Å². The molecule has 0 bridgehead atoms. The van der Waals surface area contributed by atoms with Crippen molar-refractivity contribution in [1.29, 1.82) is 0 Å². The van der Waals surface area contributed by atoms with Crippen LogP contribution in [0.2, 0.25) is 0 Å². The van der Waals surface area contributed by atoms with Gasteiger partial charge in [-0.05, 0) is 66.9 Å². The Morgan fingerprint density at radius 1 is 1.10 bits per heavy atom. The van der Waals surface area contributed by atoms with Gasteiger partial charge in [-0.15, -0.1) is 0 Å². The molecule has 5 rings (SSSR count). The highest BCUT2D eigenvalue weighted by molar-refractivity contribution is 6.08. The van der Waals surface area contributed by atoms with Crippen LogP contribution in [0.1, 0.15) is 58.8 Å². The smallest absolute Gasteiger partial charge is 0.156 e. The van der Waals surface area contributed by atoms with Crippen LogP contribution in [0.25, 0.3) is 0 Å². The number of rotatable bonds is 4. The molecule has 0 amide bonds. The minimum atomic E-state index is -0.161. The van der Waals surface area contributed by atoms with E-state index in [0.29, 0.717) is 36.6 Å².